The maximum atomic E-state index is 12.1. The van der Waals surface area contributed by atoms with Crippen LogP contribution in [0.5, 0.6) is 0 Å². The number of rotatable bonds is 4. The molecule has 1 heterocycles. The van der Waals surface area contributed by atoms with E-state index < -0.39 is 0 Å². The molecule has 2 fully saturated rings. The van der Waals surface area contributed by atoms with Gasteiger partial charge in [-0.05, 0) is 26.2 Å². The molecule has 2 unspecified atom stereocenters. The summed E-state index contributed by atoms with van der Waals surface area (Å²) in [5.41, 5.74) is 5.46. The van der Waals surface area contributed by atoms with E-state index >= 15 is 0 Å². The second-order valence-electron chi connectivity index (χ2n) is 5.22. The summed E-state index contributed by atoms with van der Waals surface area (Å²) in [4.78, 5) is 12.1. The molecule has 3 N–H and O–H groups in total. The van der Waals surface area contributed by atoms with Gasteiger partial charge in [0.05, 0.1) is 12.0 Å². The number of amides is 1. The number of ether oxygens (including phenoxy) is 1. The predicted octanol–water partition coefficient (Wildman–Crippen LogP) is 0.657. The second kappa shape index (κ2) is 4.72. The van der Waals surface area contributed by atoms with Crippen LogP contribution in [0.3, 0.4) is 0 Å². The van der Waals surface area contributed by atoms with Gasteiger partial charge in [0.2, 0.25) is 5.91 Å². The van der Waals surface area contributed by atoms with Crippen LogP contribution in [-0.4, -0.2) is 31.7 Å². The van der Waals surface area contributed by atoms with E-state index in [0.29, 0.717) is 12.5 Å². The van der Waals surface area contributed by atoms with Crippen molar-refractivity contribution in [3.8, 4) is 0 Å². The summed E-state index contributed by atoms with van der Waals surface area (Å²) in [5, 5.41) is 3.12. The van der Waals surface area contributed by atoms with Crippen molar-refractivity contribution in [2.75, 3.05) is 19.8 Å². The summed E-state index contributed by atoms with van der Waals surface area (Å²) in [6, 6.07) is 0.207. The lowest BCUT2D eigenvalue weighted by Gasteiger charge is -2.40. The summed E-state index contributed by atoms with van der Waals surface area (Å²) in [7, 11) is 0. The van der Waals surface area contributed by atoms with Crippen LogP contribution in [0.4, 0.5) is 0 Å². The number of nitrogens with one attached hydrogen (secondary N) is 1. The van der Waals surface area contributed by atoms with Crippen LogP contribution in [0.1, 0.15) is 32.6 Å². The Balaban J connectivity index is 1.86. The minimum atomic E-state index is -0.256. The molecule has 0 bridgehead atoms. The number of hydrogen-bond acceptors (Lipinski definition) is 3. The van der Waals surface area contributed by atoms with E-state index in [-0.39, 0.29) is 17.4 Å². The third-order valence-electron chi connectivity index (χ3n) is 4.21. The van der Waals surface area contributed by atoms with Crippen LogP contribution in [-0.2, 0) is 9.53 Å². The van der Waals surface area contributed by atoms with E-state index in [0.717, 1.165) is 38.9 Å². The number of nitrogens with two attached hydrogens (primary N) is 1. The van der Waals surface area contributed by atoms with Gasteiger partial charge in [-0.3, -0.25) is 4.79 Å². The van der Waals surface area contributed by atoms with Crippen molar-refractivity contribution in [1.29, 1.82) is 0 Å². The normalized spacial score (nSPS) is 29.5. The van der Waals surface area contributed by atoms with E-state index in [4.69, 9.17) is 10.5 Å². The fourth-order valence-corrected chi connectivity index (χ4v) is 2.55. The zero-order valence-electron chi connectivity index (χ0n) is 10.00. The Morgan fingerprint density at radius 2 is 2.38 bits per heavy atom. The van der Waals surface area contributed by atoms with Crippen molar-refractivity contribution < 1.29 is 9.53 Å². The number of carbonyl (C=O) groups excluding carboxylic acids is 1. The first kappa shape index (κ1) is 11.9. The maximum Gasteiger partial charge on any atom is 0.227 e. The monoisotopic (exact) mass is 226 g/mol. The molecule has 2 rings (SSSR count). The van der Waals surface area contributed by atoms with Gasteiger partial charge in [-0.15, -0.1) is 0 Å². The Bertz CT molecular complexity index is 252. The molecule has 2 atom stereocenters. The van der Waals surface area contributed by atoms with Crippen LogP contribution in [0.25, 0.3) is 0 Å². The van der Waals surface area contributed by atoms with Gasteiger partial charge in [0, 0.05) is 25.1 Å². The molecule has 4 heteroatoms. The summed E-state index contributed by atoms with van der Waals surface area (Å²) in [6.07, 6.45) is 4.08. The molecule has 1 aliphatic heterocycles. The standard InChI is InChI=1S/C12H22N2O2/c1-9(10-3-6-16-7-10)14-11(15)12(8-13)4-2-5-12/h9-10H,2-8,13H2,1H3,(H,14,15). The SMILES string of the molecule is CC(NC(=O)C1(CN)CCC1)C1CCOC1. The molecular weight excluding hydrogens is 204 g/mol. The Labute approximate surface area is 96.9 Å². The third kappa shape index (κ3) is 2.09. The lowest BCUT2D eigenvalue weighted by Crippen LogP contribution is -2.53. The lowest BCUT2D eigenvalue weighted by atomic mass is 9.68. The maximum absolute atomic E-state index is 12.1. The van der Waals surface area contributed by atoms with E-state index in [1.165, 1.54) is 0 Å². The summed E-state index contributed by atoms with van der Waals surface area (Å²) in [6.45, 7) is 4.15. The lowest BCUT2D eigenvalue weighted by molar-refractivity contribution is -0.136. The molecule has 16 heavy (non-hydrogen) atoms. The molecule has 4 nitrogen and oxygen atoms in total. The Kier molecular flexibility index (Phi) is 3.50. The van der Waals surface area contributed by atoms with Gasteiger partial charge in [-0.2, -0.15) is 0 Å². The minimum absolute atomic E-state index is 0.153. The van der Waals surface area contributed by atoms with Crippen molar-refractivity contribution in [3.63, 3.8) is 0 Å². The summed E-state index contributed by atoms with van der Waals surface area (Å²) >= 11 is 0. The van der Waals surface area contributed by atoms with Crippen LogP contribution in [0, 0.1) is 11.3 Å². The number of carbonyl (C=O) groups is 1. The van der Waals surface area contributed by atoms with Crippen LogP contribution in [0.15, 0.2) is 0 Å². The summed E-state index contributed by atoms with van der Waals surface area (Å²) < 4.78 is 5.34. The zero-order chi connectivity index (χ0) is 11.6. The zero-order valence-corrected chi connectivity index (χ0v) is 10.00. The Hall–Kier alpha value is -0.610. The highest BCUT2D eigenvalue weighted by molar-refractivity contribution is 5.84. The van der Waals surface area contributed by atoms with Crippen LogP contribution < -0.4 is 11.1 Å². The second-order valence-corrected chi connectivity index (χ2v) is 5.22. The average molecular weight is 226 g/mol. The van der Waals surface area contributed by atoms with Crippen molar-refractivity contribution in [3.05, 3.63) is 0 Å². The van der Waals surface area contributed by atoms with Gasteiger partial charge in [0.15, 0.2) is 0 Å². The van der Waals surface area contributed by atoms with Gasteiger partial charge < -0.3 is 15.8 Å². The molecule has 0 aromatic rings. The summed E-state index contributed by atoms with van der Waals surface area (Å²) in [5.74, 6) is 0.625. The molecular formula is C12H22N2O2. The first-order valence-electron chi connectivity index (χ1n) is 6.27. The van der Waals surface area contributed by atoms with Crippen molar-refractivity contribution >= 4 is 5.91 Å². The Morgan fingerprint density at radius 3 is 2.81 bits per heavy atom. The highest BCUT2D eigenvalue weighted by Gasteiger charge is 2.43. The quantitative estimate of drug-likeness (QED) is 0.740. The van der Waals surface area contributed by atoms with Gasteiger partial charge in [0.25, 0.3) is 0 Å². The van der Waals surface area contributed by atoms with Gasteiger partial charge in [-0.25, -0.2) is 0 Å². The van der Waals surface area contributed by atoms with Crippen molar-refractivity contribution in [1.82, 2.24) is 5.32 Å². The highest BCUT2D eigenvalue weighted by Crippen LogP contribution is 2.40. The molecule has 0 aromatic heterocycles. The van der Waals surface area contributed by atoms with Crippen molar-refractivity contribution in [2.45, 2.75) is 38.6 Å². The molecule has 0 spiro atoms. The van der Waals surface area contributed by atoms with Crippen LogP contribution in [0.2, 0.25) is 0 Å². The first-order valence-corrected chi connectivity index (χ1v) is 6.27. The molecule has 1 aliphatic carbocycles. The molecule has 1 amide bonds. The third-order valence-corrected chi connectivity index (χ3v) is 4.21. The molecule has 0 radical (unpaired) electrons. The topological polar surface area (TPSA) is 64.4 Å². The van der Waals surface area contributed by atoms with E-state index in [9.17, 15) is 4.79 Å². The fraction of sp³-hybridized carbons (Fsp3) is 0.917. The van der Waals surface area contributed by atoms with Crippen LogP contribution >= 0.6 is 0 Å². The van der Waals surface area contributed by atoms with E-state index in [1.807, 2.05) is 0 Å². The van der Waals surface area contributed by atoms with Crippen molar-refractivity contribution in [2.24, 2.45) is 17.1 Å². The van der Waals surface area contributed by atoms with Gasteiger partial charge in [-0.1, -0.05) is 6.42 Å². The predicted molar refractivity (Wildman–Crippen MR) is 61.9 cm³/mol. The van der Waals surface area contributed by atoms with Gasteiger partial charge >= 0.3 is 0 Å². The van der Waals surface area contributed by atoms with E-state index in [2.05, 4.69) is 12.2 Å². The fourth-order valence-electron chi connectivity index (χ4n) is 2.55. The van der Waals surface area contributed by atoms with Gasteiger partial charge in [0.1, 0.15) is 0 Å². The Morgan fingerprint density at radius 1 is 1.62 bits per heavy atom. The molecule has 2 aliphatic rings. The molecule has 0 aromatic carbocycles. The molecule has 1 saturated heterocycles. The average Bonchev–Trinajstić information content (AvgIpc) is 2.69. The largest absolute Gasteiger partial charge is 0.381 e. The van der Waals surface area contributed by atoms with E-state index in [1.54, 1.807) is 0 Å². The first-order chi connectivity index (χ1) is 7.68. The molecule has 1 saturated carbocycles. The molecule has 92 valence electrons. The smallest absolute Gasteiger partial charge is 0.227 e. The minimum Gasteiger partial charge on any atom is -0.381 e. The number of hydrogen-bond donors (Lipinski definition) is 2. The highest BCUT2D eigenvalue weighted by atomic mass is 16.5.